The lowest BCUT2D eigenvalue weighted by Crippen LogP contribution is -2.08. The summed E-state index contributed by atoms with van der Waals surface area (Å²) in [7, 11) is 1.26. The molecule has 0 radical (unpaired) electrons. The van der Waals surface area contributed by atoms with E-state index >= 15 is 0 Å². The van der Waals surface area contributed by atoms with Crippen LogP contribution in [-0.2, 0) is 16.0 Å². The first-order valence-electron chi connectivity index (χ1n) is 5.44. The monoisotopic (exact) mass is 264 g/mol. The van der Waals surface area contributed by atoms with Gasteiger partial charge in [0.1, 0.15) is 11.6 Å². The highest BCUT2D eigenvalue weighted by Gasteiger charge is 2.23. The molecular formula is C12H12N2O5. The van der Waals surface area contributed by atoms with Crippen molar-refractivity contribution in [3.8, 4) is 11.8 Å². The van der Waals surface area contributed by atoms with Gasteiger partial charge in [-0.05, 0) is 24.6 Å². The molecule has 0 aromatic heterocycles. The Morgan fingerprint density at radius 3 is 2.68 bits per heavy atom. The Bertz CT molecular complexity index is 548. The number of ether oxygens (including phenoxy) is 2. The van der Waals surface area contributed by atoms with E-state index < -0.39 is 16.6 Å². The van der Waals surface area contributed by atoms with Gasteiger partial charge in [-0.1, -0.05) is 0 Å². The first-order chi connectivity index (χ1) is 9.03. The van der Waals surface area contributed by atoms with E-state index in [4.69, 9.17) is 14.7 Å². The lowest BCUT2D eigenvalue weighted by Gasteiger charge is -2.07. The highest BCUT2D eigenvalue weighted by Crippen LogP contribution is 2.32. The maximum Gasteiger partial charge on any atom is 0.328 e. The van der Waals surface area contributed by atoms with Gasteiger partial charge < -0.3 is 9.47 Å². The van der Waals surface area contributed by atoms with Gasteiger partial charge in [0.2, 0.25) is 0 Å². The minimum Gasteiger partial charge on any atom is -0.490 e. The van der Waals surface area contributed by atoms with Crippen molar-refractivity contribution in [2.24, 2.45) is 0 Å². The van der Waals surface area contributed by atoms with Gasteiger partial charge in [-0.3, -0.25) is 14.9 Å². The molecule has 0 aliphatic heterocycles. The Morgan fingerprint density at radius 1 is 1.53 bits per heavy atom. The highest BCUT2D eigenvalue weighted by atomic mass is 16.6. The van der Waals surface area contributed by atoms with Crippen LogP contribution in [0, 0.1) is 21.4 Å². The molecule has 0 N–H and O–H groups in total. The number of benzene rings is 1. The minimum atomic E-state index is -0.689. The molecule has 1 rings (SSSR count). The van der Waals surface area contributed by atoms with E-state index in [0.717, 1.165) is 0 Å². The number of nitro benzene ring substituents is 1. The van der Waals surface area contributed by atoms with Crippen LogP contribution in [0.3, 0.4) is 0 Å². The maximum absolute atomic E-state index is 11.4. The number of nitro groups is 1. The Morgan fingerprint density at radius 2 is 2.21 bits per heavy atom. The molecule has 0 fully saturated rings. The third-order valence-electron chi connectivity index (χ3n) is 2.31. The summed E-state index contributed by atoms with van der Waals surface area (Å²) in [6, 6.07) is 4.37. The van der Waals surface area contributed by atoms with Crippen LogP contribution in [0.4, 0.5) is 5.69 Å². The van der Waals surface area contributed by atoms with Crippen molar-refractivity contribution in [1.29, 1.82) is 5.26 Å². The molecular weight excluding hydrogens is 252 g/mol. The van der Waals surface area contributed by atoms with Crippen molar-refractivity contribution >= 4 is 11.7 Å². The number of esters is 1. The molecule has 0 bridgehead atoms. The van der Waals surface area contributed by atoms with Gasteiger partial charge in [-0.25, -0.2) is 0 Å². The largest absolute Gasteiger partial charge is 0.490 e. The second-order valence-corrected chi connectivity index (χ2v) is 3.54. The van der Waals surface area contributed by atoms with Crippen molar-refractivity contribution in [3.63, 3.8) is 0 Å². The molecule has 7 heteroatoms. The first-order valence-corrected chi connectivity index (χ1v) is 5.44. The van der Waals surface area contributed by atoms with Crippen molar-refractivity contribution < 1.29 is 19.2 Å². The molecule has 7 nitrogen and oxygen atoms in total. The van der Waals surface area contributed by atoms with E-state index in [1.165, 1.54) is 19.2 Å². The molecule has 0 amide bonds. The Hall–Kier alpha value is -2.62. The zero-order chi connectivity index (χ0) is 14.4. The molecule has 0 unspecified atom stereocenters. The number of hydrogen-bond acceptors (Lipinski definition) is 6. The van der Waals surface area contributed by atoms with Crippen LogP contribution >= 0.6 is 0 Å². The molecule has 100 valence electrons. The fourth-order valence-corrected chi connectivity index (χ4v) is 1.57. The van der Waals surface area contributed by atoms with Crippen molar-refractivity contribution in [2.75, 3.05) is 13.7 Å². The van der Waals surface area contributed by atoms with Crippen molar-refractivity contribution in [3.05, 3.63) is 33.4 Å². The summed E-state index contributed by atoms with van der Waals surface area (Å²) >= 11 is 0. The fourth-order valence-electron chi connectivity index (χ4n) is 1.57. The van der Waals surface area contributed by atoms with Crippen molar-refractivity contribution in [1.82, 2.24) is 0 Å². The molecule has 0 saturated heterocycles. The highest BCUT2D eigenvalue weighted by molar-refractivity contribution is 5.74. The van der Waals surface area contributed by atoms with Gasteiger partial charge in [0.15, 0.2) is 5.75 Å². The predicted molar refractivity (Wildman–Crippen MR) is 64.7 cm³/mol. The van der Waals surface area contributed by atoms with E-state index in [-0.39, 0.29) is 24.3 Å². The lowest BCUT2D eigenvalue weighted by molar-refractivity contribution is -0.386. The molecule has 0 aliphatic carbocycles. The molecule has 1 aromatic carbocycles. The quantitative estimate of drug-likeness (QED) is 0.454. The third-order valence-corrected chi connectivity index (χ3v) is 2.31. The maximum atomic E-state index is 11.4. The standard InChI is InChI=1S/C12H12N2O5/c1-3-19-11(15)6-8-4-9(7-13)12(14(16)17)10(5-8)18-2/h4-5H,3,6H2,1-2H3. The number of nitrogens with zero attached hydrogens (tertiary/aromatic N) is 2. The van der Waals surface area contributed by atoms with Crippen LogP contribution in [-0.4, -0.2) is 24.6 Å². The number of carbonyl (C=O) groups excluding carboxylic acids is 1. The topological polar surface area (TPSA) is 102 Å². The smallest absolute Gasteiger partial charge is 0.328 e. The summed E-state index contributed by atoms with van der Waals surface area (Å²) in [5.74, 6) is -0.523. The number of methoxy groups -OCH3 is 1. The van der Waals surface area contributed by atoms with E-state index in [1.54, 1.807) is 13.0 Å². The summed E-state index contributed by atoms with van der Waals surface area (Å²) in [6.07, 6.45) is -0.0725. The Balaban J connectivity index is 3.21. The van der Waals surface area contributed by atoms with Crippen LogP contribution < -0.4 is 4.74 Å². The van der Waals surface area contributed by atoms with Crippen molar-refractivity contribution in [2.45, 2.75) is 13.3 Å². The molecule has 1 aromatic rings. The fraction of sp³-hybridized carbons (Fsp3) is 0.333. The molecule has 0 atom stereocenters. The molecule has 19 heavy (non-hydrogen) atoms. The van der Waals surface area contributed by atoms with Gasteiger partial charge in [0.05, 0.1) is 25.1 Å². The number of hydrogen-bond donors (Lipinski definition) is 0. The van der Waals surface area contributed by atoms with Crippen LogP contribution in [0.25, 0.3) is 0 Å². The summed E-state index contributed by atoms with van der Waals surface area (Å²) in [6.45, 7) is 1.92. The molecule has 0 spiro atoms. The van der Waals surface area contributed by atoms with Crippen LogP contribution in [0.5, 0.6) is 5.75 Å². The SMILES string of the molecule is CCOC(=O)Cc1cc(C#N)c([N+](=O)[O-])c(OC)c1. The van der Waals surface area contributed by atoms with Gasteiger partial charge in [0, 0.05) is 0 Å². The van der Waals surface area contributed by atoms with Crippen LogP contribution in [0.1, 0.15) is 18.1 Å². The predicted octanol–water partition coefficient (Wildman–Crippen LogP) is 1.58. The number of nitriles is 1. The molecule has 0 aliphatic rings. The number of carbonyl (C=O) groups is 1. The van der Waals surface area contributed by atoms with E-state index in [1.807, 2.05) is 0 Å². The van der Waals surface area contributed by atoms with Gasteiger partial charge in [-0.15, -0.1) is 0 Å². The average molecular weight is 264 g/mol. The van der Waals surface area contributed by atoms with Gasteiger partial charge in [0.25, 0.3) is 0 Å². The third kappa shape index (κ3) is 3.42. The first kappa shape index (κ1) is 14.4. The minimum absolute atomic E-state index is 0.0525. The Labute approximate surface area is 109 Å². The van der Waals surface area contributed by atoms with E-state index in [9.17, 15) is 14.9 Å². The zero-order valence-electron chi connectivity index (χ0n) is 10.5. The molecule has 0 heterocycles. The summed E-state index contributed by atoms with van der Waals surface area (Å²) in [4.78, 5) is 21.5. The van der Waals surface area contributed by atoms with Crippen LogP contribution in [0.2, 0.25) is 0 Å². The zero-order valence-corrected chi connectivity index (χ0v) is 10.5. The second kappa shape index (κ2) is 6.35. The van der Waals surface area contributed by atoms with E-state index in [2.05, 4.69) is 0 Å². The number of rotatable bonds is 5. The molecule has 0 saturated carbocycles. The average Bonchev–Trinajstić information content (AvgIpc) is 2.37. The summed E-state index contributed by atoms with van der Waals surface area (Å²) < 4.78 is 9.66. The lowest BCUT2D eigenvalue weighted by atomic mass is 10.1. The summed E-state index contributed by atoms with van der Waals surface area (Å²) in [5, 5.41) is 19.8. The normalized spacial score (nSPS) is 9.53. The van der Waals surface area contributed by atoms with E-state index in [0.29, 0.717) is 5.56 Å². The second-order valence-electron chi connectivity index (χ2n) is 3.54. The van der Waals surface area contributed by atoms with Gasteiger partial charge in [-0.2, -0.15) is 5.26 Å². The van der Waals surface area contributed by atoms with Crippen LogP contribution in [0.15, 0.2) is 12.1 Å². The Kier molecular flexibility index (Phi) is 4.83. The van der Waals surface area contributed by atoms with Gasteiger partial charge >= 0.3 is 11.7 Å². The summed E-state index contributed by atoms with van der Waals surface area (Å²) in [5.41, 5.74) is -0.126.